The van der Waals surface area contributed by atoms with E-state index >= 15 is 0 Å². The quantitative estimate of drug-likeness (QED) is 0.713. The number of hydrogen-bond acceptors (Lipinski definition) is 2. The molecule has 108 valence electrons. The first kappa shape index (κ1) is 16.4. The second kappa shape index (κ2) is 8.54. The molecule has 0 saturated carbocycles. The summed E-state index contributed by atoms with van der Waals surface area (Å²) in [6, 6.07) is 4.87. The van der Waals surface area contributed by atoms with Crippen LogP contribution in [0.4, 0.5) is 4.39 Å². The zero-order valence-electron chi connectivity index (χ0n) is 11.9. The highest BCUT2D eigenvalue weighted by Gasteiger charge is 2.08. The Labute approximate surface area is 123 Å². The van der Waals surface area contributed by atoms with Crippen molar-refractivity contribution in [2.75, 3.05) is 13.1 Å². The van der Waals surface area contributed by atoms with Crippen LogP contribution in [-0.2, 0) is 0 Å². The topological polar surface area (TPSA) is 21.3 Å². The molecule has 0 fully saturated rings. The third-order valence-electron chi connectivity index (χ3n) is 2.74. The van der Waals surface area contributed by atoms with E-state index in [1.165, 1.54) is 6.07 Å². The fraction of sp³-hybridized carbons (Fsp3) is 0.600. The van der Waals surface area contributed by atoms with Crippen LogP contribution >= 0.6 is 15.9 Å². The molecule has 0 amide bonds. The molecule has 2 nitrogen and oxygen atoms in total. The molecule has 1 aromatic rings. The number of nitrogens with one attached hydrogen (secondary N) is 1. The first-order valence-corrected chi connectivity index (χ1v) is 7.60. The summed E-state index contributed by atoms with van der Waals surface area (Å²) in [7, 11) is 0. The summed E-state index contributed by atoms with van der Waals surface area (Å²) >= 11 is 3.23. The van der Waals surface area contributed by atoms with Gasteiger partial charge in [-0.25, -0.2) is 4.39 Å². The maximum absolute atomic E-state index is 13.6. The highest BCUT2D eigenvalue weighted by molar-refractivity contribution is 9.10. The molecule has 4 heteroatoms. The maximum atomic E-state index is 13.6. The van der Waals surface area contributed by atoms with E-state index in [1.54, 1.807) is 12.1 Å². The molecule has 0 aliphatic heterocycles. The monoisotopic (exact) mass is 331 g/mol. The normalized spacial score (nSPS) is 12.7. The van der Waals surface area contributed by atoms with Gasteiger partial charge < -0.3 is 10.1 Å². The van der Waals surface area contributed by atoms with E-state index in [0.29, 0.717) is 11.7 Å². The van der Waals surface area contributed by atoms with E-state index in [9.17, 15) is 4.39 Å². The Hall–Kier alpha value is -0.610. The predicted molar refractivity (Wildman–Crippen MR) is 81.1 cm³/mol. The average molecular weight is 332 g/mol. The first-order chi connectivity index (χ1) is 8.99. The van der Waals surface area contributed by atoms with Gasteiger partial charge in [0, 0.05) is 4.47 Å². The second-order valence-electron chi connectivity index (χ2n) is 5.24. The summed E-state index contributed by atoms with van der Waals surface area (Å²) < 4.78 is 19.9. The van der Waals surface area contributed by atoms with Crippen LogP contribution in [-0.4, -0.2) is 19.2 Å². The van der Waals surface area contributed by atoms with Gasteiger partial charge in [0.2, 0.25) is 0 Å². The van der Waals surface area contributed by atoms with Crippen molar-refractivity contribution in [3.63, 3.8) is 0 Å². The van der Waals surface area contributed by atoms with E-state index in [2.05, 4.69) is 35.1 Å². The van der Waals surface area contributed by atoms with Crippen molar-refractivity contribution in [1.29, 1.82) is 0 Å². The van der Waals surface area contributed by atoms with Crippen molar-refractivity contribution in [2.45, 2.75) is 39.7 Å². The molecule has 0 heterocycles. The lowest BCUT2D eigenvalue weighted by Crippen LogP contribution is -2.22. The van der Waals surface area contributed by atoms with Crippen LogP contribution in [0, 0.1) is 11.7 Å². The van der Waals surface area contributed by atoms with Crippen molar-refractivity contribution >= 4 is 15.9 Å². The van der Waals surface area contributed by atoms with E-state index in [0.717, 1.165) is 30.4 Å². The van der Waals surface area contributed by atoms with Crippen molar-refractivity contribution in [1.82, 2.24) is 5.32 Å². The minimum Gasteiger partial charge on any atom is -0.488 e. The molecule has 1 N–H and O–H groups in total. The minimum absolute atomic E-state index is 0.0246. The third-order valence-corrected chi connectivity index (χ3v) is 3.23. The number of benzene rings is 1. The van der Waals surface area contributed by atoms with E-state index < -0.39 is 0 Å². The van der Waals surface area contributed by atoms with E-state index in [-0.39, 0.29) is 11.9 Å². The lowest BCUT2D eigenvalue weighted by Gasteiger charge is -2.15. The number of ether oxygens (including phenoxy) is 1. The molecule has 0 radical (unpaired) electrons. The summed E-state index contributed by atoms with van der Waals surface area (Å²) in [6.07, 6.45) is 1.98. The maximum Gasteiger partial charge on any atom is 0.166 e. The summed E-state index contributed by atoms with van der Waals surface area (Å²) in [5, 5.41) is 3.39. The summed E-state index contributed by atoms with van der Waals surface area (Å²) in [6.45, 7) is 8.37. The van der Waals surface area contributed by atoms with Gasteiger partial charge in [-0.3, -0.25) is 0 Å². The van der Waals surface area contributed by atoms with Gasteiger partial charge in [-0.15, -0.1) is 0 Å². The van der Waals surface area contributed by atoms with Crippen LogP contribution in [0.3, 0.4) is 0 Å². The Kier molecular flexibility index (Phi) is 7.39. The molecule has 0 spiro atoms. The second-order valence-corrected chi connectivity index (χ2v) is 6.16. The van der Waals surface area contributed by atoms with Gasteiger partial charge in [0.15, 0.2) is 11.6 Å². The van der Waals surface area contributed by atoms with Crippen molar-refractivity contribution in [3.8, 4) is 5.75 Å². The van der Waals surface area contributed by atoms with Crippen LogP contribution in [0.5, 0.6) is 5.75 Å². The fourth-order valence-corrected chi connectivity index (χ4v) is 2.08. The van der Waals surface area contributed by atoms with Crippen LogP contribution in [0.1, 0.15) is 33.6 Å². The Balaban J connectivity index is 2.25. The highest BCUT2D eigenvalue weighted by atomic mass is 79.9. The molecule has 1 rings (SSSR count). The van der Waals surface area contributed by atoms with Crippen LogP contribution < -0.4 is 10.1 Å². The Bertz CT molecular complexity index is 384. The van der Waals surface area contributed by atoms with Gasteiger partial charge in [-0.05, 0) is 57.0 Å². The lowest BCUT2D eigenvalue weighted by atomic mass is 10.2. The molecule has 0 aromatic heterocycles. The van der Waals surface area contributed by atoms with Crippen molar-refractivity contribution in [2.24, 2.45) is 5.92 Å². The molecule has 1 aromatic carbocycles. The Morgan fingerprint density at radius 1 is 1.32 bits per heavy atom. The van der Waals surface area contributed by atoms with Gasteiger partial charge in [0.1, 0.15) is 0 Å². The van der Waals surface area contributed by atoms with Gasteiger partial charge in [-0.1, -0.05) is 29.8 Å². The highest BCUT2D eigenvalue weighted by Crippen LogP contribution is 2.23. The zero-order chi connectivity index (χ0) is 14.3. The number of halogens is 2. The fourth-order valence-electron chi connectivity index (χ4n) is 1.75. The summed E-state index contributed by atoms with van der Waals surface area (Å²) in [4.78, 5) is 0. The Morgan fingerprint density at radius 3 is 2.68 bits per heavy atom. The predicted octanol–water partition coefficient (Wildman–Crippen LogP) is 4.38. The standard InChI is InChI=1S/C15H23BrFNO/c1-11(2)10-18-8-4-5-12(3)19-15-7-6-13(16)9-14(15)17/h6-7,9,11-12,18H,4-5,8,10H2,1-3H3. The SMILES string of the molecule is CC(C)CNCCCC(C)Oc1ccc(Br)cc1F. The minimum atomic E-state index is -0.320. The van der Waals surface area contributed by atoms with Gasteiger partial charge >= 0.3 is 0 Å². The van der Waals surface area contributed by atoms with E-state index in [4.69, 9.17) is 4.74 Å². The van der Waals surface area contributed by atoms with Gasteiger partial charge in [-0.2, -0.15) is 0 Å². The largest absolute Gasteiger partial charge is 0.488 e. The summed E-state index contributed by atoms with van der Waals surface area (Å²) in [5.74, 6) is 0.676. The smallest absolute Gasteiger partial charge is 0.166 e. The molecule has 19 heavy (non-hydrogen) atoms. The van der Waals surface area contributed by atoms with E-state index in [1.807, 2.05) is 6.92 Å². The third kappa shape index (κ3) is 6.92. The molecular weight excluding hydrogens is 309 g/mol. The van der Waals surface area contributed by atoms with Crippen molar-refractivity contribution in [3.05, 3.63) is 28.5 Å². The molecule has 0 saturated heterocycles. The van der Waals surface area contributed by atoms with Crippen LogP contribution in [0.25, 0.3) is 0 Å². The molecule has 0 aliphatic carbocycles. The van der Waals surface area contributed by atoms with Crippen LogP contribution in [0.2, 0.25) is 0 Å². The number of hydrogen-bond donors (Lipinski definition) is 1. The summed E-state index contributed by atoms with van der Waals surface area (Å²) in [5.41, 5.74) is 0. The molecule has 0 bridgehead atoms. The molecule has 0 aliphatic rings. The molecule has 1 atom stereocenters. The van der Waals surface area contributed by atoms with Gasteiger partial charge in [0.25, 0.3) is 0 Å². The zero-order valence-corrected chi connectivity index (χ0v) is 13.5. The molecule has 1 unspecified atom stereocenters. The number of rotatable bonds is 8. The van der Waals surface area contributed by atoms with Crippen LogP contribution in [0.15, 0.2) is 22.7 Å². The Morgan fingerprint density at radius 2 is 2.05 bits per heavy atom. The average Bonchev–Trinajstić information content (AvgIpc) is 2.32. The first-order valence-electron chi connectivity index (χ1n) is 6.81. The van der Waals surface area contributed by atoms with Gasteiger partial charge in [0.05, 0.1) is 6.10 Å². The molecular formula is C15H23BrFNO. The van der Waals surface area contributed by atoms with Crippen molar-refractivity contribution < 1.29 is 9.13 Å². The lowest BCUT2D eigenvalue weighted by molar-refractivity contribution is 0.198.